The number of amidine groups is 1. The van der Waals surface area contributed by atoms with E-state index in [1.54, 1.807) is 0 Å². The van der Waals surface area contributed by atoms with Gasteiger partial charge in [-0.25, -0.2) is 4.99 Å². The predicted molar refractivity (Wildman–Crippen MR) is 196 cm³/mol. The predicted octanol–water partition coefficient (Wildman–Crippen LogP) is 11.7. The van der Waals surface area contributed by atoms with Crippen LogP contribution in [0.3, 0.4) is 0 Å². The maximum absolute atomic E-state index is 5.36. The summed E-state index contributed by atoms with van der Waals surface area (Å²) in [6.45, 7) is 2.28. The highest BCUT2D eigenvalue weighted by Crippen LogP contribution is 2.46. The minimum atomic E-state index is -0.0310. The number of nitrogens with zero attached hydrogens (tertiary/aromatic N) is 2. The normalized spacial score (nSPS) is 16.8. The van der Waals surface area contributed by atoms with Gasteiger partial charge < -0.3 is 0 Å². The molecule has 6 aromatic carbocycles. The molecule has 4 heteroatoms. The third kappa shape index (κ3) is 4.36. The van der Waals surface area contributed by atoms with Crippen LogP contribution in [0, 0.1) is 5.92 Å². The van der Waals surface area contributed by atoms with Crippen molar-refractivity contribution in [3.63, 3.8) is 0 Å². The molecule has 0 fully saturated rings. The van der Waals surface area contributed by atoms with Crippen molar-refractivity contribution >= 4 is 74.6 Å². The van der Waals surface area contributed by atoms with Crippen LogP contribution in [-0.2, 0) is 0 Å². The molecule has 0 bridgehead atoms. The number of rotatable bonds is 4. The van der Waals surface area contributed by atoms with Gasteiger partial charge in [0.15, 0.2) is 5.84 Å². The zero-order valence-electron chi connectivity index (χ0n) is 24.6. The van der Waals surface area contributed by atoms with Gasteiger partial charge in [0.25, 0.3) is 0 Å². The molecule has 0 spiro atoms. The Hall–Kier alpha value is -4.90. The van der Waals surface area contributed by atoms with E-state index in [1.807, 2.05) is 28.7 Å². The summed E-state index contributed by atoms with van der Waals surface area (Å²) in [6.07, 6.45) is 0. The molecule has 0 N–H and O–H groups in total. The van der Waals surface area contributed by atoms with Crippen molar-refractivity contribution < 1.29 is 0 Å². The smallest absolute Gasteiger partial charge is 0.155 e. The van der Waals surface area contributed by atoms with Crippen molar-refractivity contribution in [3.05, 3.63) is 156 Å². The van der Waals surface area contributed by atoms with Gasteiger partial charge in [-0.3, -0.25) is 4.99 Å². The Labute approximate surface area is 269 Å². The molecule has 214 valence electrons. The molecule has 0 saturated heterocycles. The van der Waals surface area contributed by atoms with E-state index in [-0.39, 0.29) is 12.0 Å². The summed E-state index contributed by atoms with van der Waals surface area (Å²) in [5, 5.41) is 5.23. The maximum Gasteiger partial charge on any atom is 0.155 e. The zero-order chi connectivity index (χ0) is 29.9. The van der Waals surface area contributed by atoms with E-state index in [1.165, 1.54) is 57.0 Å². The summed E-state index contributed by atoms with van der Waals surface area (Å²) in [4.78, 5) is 10.6. The van der Waals surface area contributed by atoms with Crippen LogP contribution in [0.4, 0.5) is 0 Å². The van der Waals surface area contributed by atoms with Crippen LogP contribution in [0.25, 0.3) is 51.5 Å². The lowest BCUT2D eigenvalue weighted by atomic mass is 9.84. The van der Waals surface area contributed by atoms with Gasteiger partial charge in [0.05, 0.1) is 11.8 Å². The Morgan fingerprint density at radius 3 is 2.00 bits per heavy atom. The largest absolute Gasteiger partial charge is 0.257 e. The van der Waals surface area contributed by atoms with Crippen LogP contribution in [0.5, 0.6) is 0 Å². The van der Waals surface area contributed by atoms with Crippen LogP contribution in [0.1, 0.15) is 29.7 Å². The van der Waals surface area contributed by atoms with Gasteiger partial charge >= 0.3 is 0 Å². The lowest BCUT2D eigenvalue weighted by molar-refractivity contribution is 0.592. The number of fused-ring (bicyclic) bond motifs is 6. The van der Waals surface area contributed by atoms with Crippen molar-refractivity contribution in [1.82, 2.24) is 0 Å². The number of hydrogen-bond acceptors (Lipinski definition) is 4. The standard InChI is InChI=1S/C41H28N2S2/c1-25-38(26-13-4-2-5-14-26)42-41(27-15-6-3-7-16-27)43-39(25)28-23-32-29-17-8-10-20-34(29)45-40(32)33(24-28)30-19-12-22-36-37(30)31-18-9-11-21-35(31)44-36/h2-25,38H,1H3. The molecule has 2 nitrogen and oxygen atoms in total. The highest BCUT2D eigenvalue weighted by molar-refractivity contribution is 7.26. The molecule has 0 aliphatic carbocycles. The Morgan fingerprint density at radius 1 is 0.533 bits per heavy atom. The third-order valence-corrected chi connectivity index (χ3v) is 11.4. The van der Waals surface area contributed by atoms with E-state index in [4.69, 9.17) is 9.98 Å². The molecule has 9 rings (SSSR count). The molecule has 8 aromatic rings. The van der Waals surface area contributed by atoms with Crippen LogP contribution >= 0.6 is 22.7 Å². The lowest BCUT2D eigenvalue weighted by Crippen LogP contribution is -2.26. The number of benzene rings is 6. The van der Waals surface area contributed by atoms with E-state index in [9.17, 15) is 0 Å². The minimum absolute atomic E-state index is 0.0310. The molecule has 45 heavy (non-hydrogen) atoms. The molecule has 0 amide bonds. The topological polar surface area (TPSA) is 24.7 Å². The average molecular weight is 613 g/mol. The molecule has 2 atom stereocenters. The van der Waals surface area contributed by atoms with Crippen LogP contribution in [0.15, 0.2) is 150 Å². The third-order valence-electron chi connectivity index (χ3n) is 9.03. The number of thiophene rings is 2. The summed E-state index contributed by atoms with van der Waals surface area (Å²) in [5.74, 6) is 0.883. The SMILES string of the molecule is CC1C(c2cc(-c3cccc4sc5ccccc5c34)c3sc4ccccc4c3c2)=NC(c2ccccc2)=NC1c1ccccc1. The second-order valence-corrected chi connectivity index (χ2v) is 13.9. The second-order valence-electron chi connectivity index (χ2n) is 11.7. The molecule has 0 radical (unpaired) electrons. The van der Waals surface area contributed by atoms with Gasteiger partial charge in [-0.15, -0.1) is 22.7 Å². The molecule has 2 unspecified atom stereocenters. The molecule has 2 aromatic heterocycles. The summed E-state index contributed by atoms with van der Waals surface area (Å²) >= 11 is 3.76. The van der Waals surface area contributed by atoms with Crippen molar-refractivity contribution in [2.45, 2.75) is 13.0 Å². The molecule has 1 aliphatic heterocycles. The van der Waals surface area contributed by atoms with Crippen molar-refractivity contribution in [2.75, 3.05) is 0 Å². The molecule has 1 aliphatic rings. The summed E-state index contributed by atoms with van der Waals surface area (Å²) in [5.41, 5.74) is 7.05. The lowest BCUT2D eigenvalue weighted by Gasteiger charge is -2.28. The first-order valence-corrected chi connectivity index (χ1v) is 17.0. The minimum Gasteiger partial charge on any atom is -0.257 e. The quantitative estimate of drug-likeness (QED) is 0.189. The van der Waals surface area contributed by atoms with Crippen molar-refractivity contribution in [1.29, 1.82) is 0 Å². The van der Waals surface area contributed by atoms with Gasteiger partial charge in [-0.1, -0.05) is 116 Å². The van der Waals surface area contributed by atoms with Crippen LogP contribution < -0.4 is 0 Å². The second kappa shape index (κ2) is 10.6. The van der Waals surface area contributed by atoms with E-state index in [0.717, 1.165) is 22.7 Å². The zero-order valence-corrected chi connectivity index (χ0v) is 26.3. The van der Waals surface area contributed by atoms with Gasteiger partial charge in [-0.2, -0.15) is 0 Å². The van der Waals surface area contributed by atoms with Gasteiger partial charge in [-0.05, 0) is 47.0 Å². The molecule has 3 heterocycles. The monoisotopic (exact) mass is 612 g/mol. The molecular formula is C41H28N2S2. The van der Waals surface area contributed by atoms with Crippen molar-refractivity contribution in [3.8, 4) is 11.1 Å². The van der Waals surface area contributed by atoms with E-state index < -0.39 is 0 Å². The summed E-state index contributed by atoms with van der Waals surface area (Å²) in [7, 11) is 0. The number of hydrogen-bond donors (Lipinski definition) is 0. The Morgan fingerprint density at radius 2 is 1.20 bits per heavy atom. The van der Waals surface area contributed by atoms with E-state index >= 15 is 0 Å². The van der Waals surface area contributed by atoms with Crippen LogP contribution in [0.2, 0.25) is 0 Å². The van der Waals surface area contributed by atoms with E-state index in [0.29, 0.717) is 0 Å². The van der Waals surface area contributed by atoms with Crippen molar-refractivity contribution in [2.24, 2.45) is 15.9 Å². The molecule has 0 saturated carbocycles. The fourth-order valence-corrected chi connectivity index (χ4v) is 9.22. The Bertz CT molecular complexity index is 2450. The average Bonchev–Trinajstić information content (AvgIpc) is 3.67. The Balaban J connectivity index is 1.34. The Kier molecular flexibility index (Phi) is 6.25. The highest BCUT2D eigenvalue weighted by atomic mass is 32.1. The van der Waals surface area contributed by atoms with Gasteiger partial charge in [0.2, 0.25) is 0 Å². The van der Waals surface area contributed by atoms with E-state index in [2.05, 4.69) is 140 Å². The fraction of sp³-hybridized carbons (Fsp3) is 0.0732. The van der Waals surface area contributed by atoms with Gasteiger partial charge in [0, 0.05) is 57.4 Å². The summed E-state index contributed by atoms with van der Waals surface area (Å²) in [6, 6.07) is 50.2. The van der Waals surface area contributed by atoms with Gasteiger partial charge in [0.1, 0.15) is 0 Å². The summed E-state index contributed by atoms with van der Waals surface area (Å²) < 4.78 is 5.27. The first-order chi connectivity index (χ1) is 22.2. The molecular weight excluding hydrogens is 585 g/mol. The number of aliphatic imine (C=N–C) groups is 2. The first kappa shape index (κ1) is 26.5. The highest BCUT2D eigenvalue weighted by Gasteiger charge is 2.30. The fourth-order valence-electron chi connectivity index (χ4n) is 6.88. The first-order valence-electron chi connectivity index (χ1n) is 15.4. The maximum atomic E-state index is 5.36. The van der Waals surface area contributed by atoms with Crippen LogP contribution in [-0.4, -0.2) is 11.5 Å².